The average Bonchev–Trinajstić information content (AvgIpc) is 1.84. The van der Waals surface area contributed by atoms with Crippen LogP contribution in [0.3, 0.4) is 0 Å². The Morgan fingerprint density at radius 3 is 1.38 bits per heavy atom. The number of hydrogen-bond donors (Lipinski definition) is 0. The first-order valence-electron chi connectivity index (χ1n) is 1.65. The van der Waals surface area contributed by atoms with Crippen LogP contribution in [0.15, 0.2) is 10.4 Å². The molecular weight excluding hydrogens is 155 g/mol. The van der Waals surface area contributed by atoms with E-state index in [9.17, 15) is 9.81 Å². The van der Waals surface area contributed by atoms with E-state index in [0.29, 0.717) is 0 Å². The van der Waals surface area contributed by atoms with Crippen LogP contribution < -0.4 is 0 Å². The highest BCUT2D eigenvalue weighted by Crippen LogP contribution is 2.10. The molecule has 0 aromatic rings. The fourth-order valence-electron chi connectivity index (χ4n) is 0.100. The molecule has 0 saturated heterocycles. The topological polar surface area (TPSA) is 58.9 Å². The summed E-state index contributed by atoms with van der Waals surface area (Å²) in [5, 5.41) is 4.50. The molecule has 0 bridgehead atoms. The number of alkyl halides is 2. The number of rotatable bonds is 3. The van der Waals surface area contributed by atoms with Crippen LogP contribution in [0, 0.1) is 9.81 Å². The second-order valence-electron chi connectivity index (χ2n) is 0.956. The Hall–Kier alpha value is -0.220. The Bertz CT molecular complexity index is 86.0. The molecular formula is C2H2Cl2N2O2. The minimum atomic E-state index is -1.26. The Morgan fingerprint density at radius 1 is 1.00 bits per heavy atom. The fourth-order valence-corrected chi connectivity index (χ4v) is 0.192. The molecule has 0 heterocycles. The summed E-state index contributed by atoms with van der Waals surface area (Å²) in [6.45, 7) is 0. The summed E-state index contributed by atoms with van der Waals surface area (Å²) in [7, 11) is 0. The molecule has 0 fully saturated rings. The number of nitroso groups, excluding NO2 is 2. The molecule has 0 aliphatic rings. The van der Waals surface area contributed by atoms with Gasteiger partial charge < -0.3 is 0 Å². The zero-order valence-electron chi connectivity index (χ0n) is 3.62. The van der Waals surface area contributed by atoms with Crippen LogP contribution in [0.4, 0.5) is 0 Å². The maximum atomic E-state index is 9.44. The van der Waals surface area contributed by atoms with Crippen molar-refractivity contribution >= 4 is 23.2 Å². The molecule has 0 saturated carbocycles. The van der Waals surface area contributed by atoms with Crippen LogP contribution >= 0.6 is 23.2 Å². The van der Waals surface area contributed by atoms with E-state index in [4.69, 9.17) is 23.2 Å². The van der Waals surface area contributed by atoms with Crippen LogP contribution in [0.1, 0.15) is 0 Å². The molecule has 0 aromatic heterocycles. The highest BCUT2D eigenvalue weighted by atomic mass is 35.5. The van der Waals surface area contributed by atoms with Gasteiger partial charge in [-0.15, -0.1) is 9.81 Å². The van der Waals surface area contributed by atoms with Gasteiger partial charge in [-0.3, -0.25) is 0 Å². The summed E-state index contributed by atoms with van der Waals surface area (Å²) >= 11 is 10.0. The van der Waals surface area contributed by atoms with Crippen LogP contribution in [0.5, 0.6) is 0 Å². The van der Waals surface area contributed by atoms with Crippen LogP contribution in [-0.4, -0.2) is 11.0 Å². The van der Waals surface area contributed by atoms with Gasteiger partial charge >= 0.3 is 0 Å². The molecule has 4 nitrogen and oxygen atoms in total. The third-order valence-electron chi connectivity index (χ3n) is 0.428. The van der Waals surface area contributed by atoms with E-state index < -0.39 is 11.0 Å². The molecule has 0 rings (SSSR count). The molecule has 0 amide bonds. The van der Waals surface area contributed by atoms with Crippen molar-refractivity contribution in [2.45, 2.75) is 11.0 Å². The molecule has 0 aromatic carbocycles. The van der Waals surface area contributed by atoms with Crippen molar-refractivity contribution in [1.82, 2.24) is 0 Å². The summed E-state index contributed by atoms with van der Waals surface area (Å²) in [4.78, 5) is 18.9. The van der Waals surface area contributed by atoms with Crippen molar-refractivity contribution in [1.29, 1.82) is 0 Å². The van der Waals surface area contributed by atoms with Gasteiger partial charge in [-0.2, -0.15) is 0 Å². The van der Waals surface area contributed by atoms with E-state index in [1.165, 1.54) is 0 Å². The standard InChI is InChI=1S/C2H2Cl2N2O2/c3-1(5-7)2(4)6-8/h1-2H. The number of halogens is 2. The minimum Gasteiger partial charge on any atom is -0.149 e. The lowest BCUT2D eigenvalue weighted by molar-refractivity contribution is 0.823. The van der Waals surface area contributed by atoms with Gasteiger partial charge in [0, 0.05) is 0 Å². The van der Waals surface area contributed by atoms with Crippen LogP contribution in [0.25, 0.3) is 0 Å². The van der Waals surface area contributed by atoms with E-state index in [1.807, 2.05) is 0 Å². The molecule has 8 heavy (non-hydrogen) atoms. The summed E-state index contributed by atoms with van der Waals surface area (Å²) in [5.41, 5.74) is -2.51. The monoisotopic (exact) mass is 156 g/mol. The summed E-state index contributed by atoms with van der Waals surface area (Å²) in [5.74, 6) is 0. The first-order valence-corrected chi connectivity index (χ1v) is 2.52. The normalized spacial score (nSPS) is 16.8. The molecule has 46 valence electrons. The molecule has 0 spiro atoms. The molecule has 0 N–H and O–H groups in total. The quantitative estimate of drug-likeness (QED) is 0.355. The van der Waals surface area contributed by atoms with Crippen molar-refractivity contribution in [3.8, 4) is 0 Å². The van der Waals surface area contributed by atoms with Gasteiger partial charge in [0.1, 0.15) is 0 Å². The van der Waals surface area contributed by atoms with Gasteiger partial charge in [-0.25, -0.2) is 0 Å². The molecule has 2 atom stereocenters. The molecule has 6 heteroatoms. The second-order valence-corrected chi connectivity index (χ2v) is 1.85. The lowest BCUT2D eigenvalue weighted by atomic mass is 10.7. The minimum absolute atomic E-state index is 1.26. The van der Waals surface area contributed by atoms with Crippen molar-refractivity contribution in [3.05, 3.63) is 9.81 Å². The fraction of sp³-hybridized carbons (Fsp3) is 1.00. The number of hydrogen-bond acceptors (Lipinski definition) is 4. The second kappa shape index (κ2) is 3.74. The third-order valence-corrected chi connectivity index (χ3v) is 1.19. The Labute approximate surface area is 55.1 Å². The largest absolute Gasteiger partial charge is 0.204 e. The summed E-state index contributed by atoms with van der Waals surface area (Å²) in [6.07, 6.45) is 0. The van der Waals surface area contributed by atoms with E-state index in [0.717, 1.165) is 0 Å². The smallest absolute Gasteiger partial charge is 0.149 e. The lowest BCUT2D eigenvalue weighted by Gasteiger charge is -1.95. The van der Waals surface area contributed by atoms with Crippen LogP contribution in [0.2, 0.25) is 0 Å². The van der Waals surface area contributed by atoms with Crippen molar-refractivity contribution in [2.75, 3.05) is 0 Å². The highest BCUT2D eigenvalue weighted by molar-refractivity contribution is 6.29. The molecule has 0 radical (unpaired) electrons. The SMILES string of the molecule is O=NC(Cl)C(Cl)N=O. The lowest BCUT2D eigenvalue weighted by Crippen LogP contribution is -2.06. The first kappa shape index (κ1) is 7.78. The maximum absolute atomic E-state index is 9.44. The zero-order valence-corrected chi connectivity index (χ0v) is 5.13. The van der Waals surface area contributed by atoms with Crippen molar-refractivity contribution in [2.24, 2.45) is 10.4 Å². The Morgan fingerprint density at radius 2 is 1.25 bits per heavy atom. The summed E-state index contributed by atoms with van der Waals surface area (Å²) in [6, 6.07) is 0. The van der Waals surface area contributed by atoms with E-state index in [-0.39, 0.29) is 0 Å². The molecule has 0 aliphatic carbocycles. The van der Waals surface area contributed by atoms with Gasteiger partial charge in [0.2, 0.25) is 11.0 Å². The van der Waals surface area contributed by atoms with Gasteiger partial charge in [-0.05, 0) is 10.4 Å². The predicted octanol–water partition coefficient (Wildman–Crippen LogP) is 1.65. The van der Waals surface area contributed by atoms with Crippen molar-refractivity contribution in [3.63, 3.8) is 0 Å². The van der Waals surface area contributed by atoms with Gasteiger partial charge in [0.25, 0.3) is 0 Å². The first-order chi connectivity index (χ1) is 3.72. The Kier molecular flexibility index (Phi) is 3.64. The maximum Gasteiger partial charge on any atom is 0.204 e. The third kappa shape index (κ3) is 2.18. The predicted molar refractivity (Wildman–Crippen MR) is 30.9 cm³/mol. The van der Waals surface area contributed by atoms with E-state index >= 15 is 0 Å². The van der Waals surface area contributed by atoms with Gasteiger partial charge in [0.05, 0.1) is 0 Å². The van der Waals surface area contributed by atoms with E-state index in [1.54, 1.807) is 0 Å². The van der Waals surface area contributed by atoms with E-state index in [2.05, 4.69) is 10.4 Å². The highest BCUT2D eigenvalue weighted by Gasteiger charge is 2.16. The number of nitrogens with zero attached hydrogens (tertiary/aromatic N) is 2. The Balaban J connectivity index is 3.60. The van der Waals surface area contributed by atoms with Crippen LogP contribution in [-0.2, 0) is 0 Å². The average molecular weight is 157 g/mol. The molecule has 0 aliphatic heterocycles. The molecule has 2 unspecified atom stereocenters. The van der Waals surface area contributed by atoms with Crippen molar-refractivity contribution < 1.29 is 0 Å². The van der Waals surface area contributed by atoms with Gasteiger partial charge in [0.15, 0.2) is 0 Å². The van der Waals surface area contributed by atoms with Gasteiger partial charge in [-0.1, -0.05) is 23.2 Å². The zero-order chi connectivity index (χ0) is 6.57. The summed E-state index contributed by atoms with van der Waals surface area (Å²) < 4.78 is 0.